The van der Waals surface area contributed by atoms with Crippen molar-refractivity contribution in [2.75, 3.05) is 5.32 Å². The number of carboxylic acid groups (broad SMARTS) is 1. The van der Waals surface area contributed by atoms with Gasteiger partial charge in [-0.3, -0.25) is 0 Å². The fraction of sp³-hybridized carbons (Fsp3) is 0.462. The van der Waals surface area contributed by atoms with Crippen molar-refractivity contribution in [1.82, 2.24) is 0 Å². The van der Waals surface area contributed by atoms with Crippen molar-refractivity contribution in [2.24, 2.45) is 0 Å². The Labute approximate surface area is 109 Å². The lowest BCUT2D eigenvalue weighted by molar-refractivity contribution is -0.143. The molecular formula is C13H16F3NO2. The van der Waals surface area contributed by atoms with Gasteiger partial charge in [-0.2, -0.15) is 13.2 Å². The predicted molar refractivity (Wildman–Crippen MR) is 66.0 cm³/mol. The highest BCUT2D eigenvalue weighted by molar-refractivity contribution is 5.83. The molecule has 1 aromatic rings. The van der Waals surface area contributed by atoms with Crippen LogP contribution in [-0.2, 0) is 11.0 Å². The molecule has 1 rings (SSSR count). The van der Waals surface area contributed by atoms with Gasteiger partial charge in [0.1, 0.15) is 5.54 Å². The van der Waals surface area contributed by atoms with E-state index in [1.165, 1.54) is 18.2 Å². The van der Waals surface area contributed by atoms with Crippen LogP contribution in [0.1, 0.15) is 32.3 Å². The topological polar surface area (TPSA) is 49.3 Å². The molecule has 0 heterocycles. The maximum atomic E-state index is 12.8. The first kappa shape index (κ1) is 15.3. The molecule has 0 radical (unpaired) electrons. The highest BCUT2D eigenvalue weighted by atomic mass is 19.4. The van der Waals surface area contributed by atoms with E-state index in [9.17, 15) is 23.1 Å². The van der Waals surface area contributed by atoms with Gasteiger partial charge in [0.25, 0.3) is 0 Å². The van der Waals surface area contributed by atoms with Gasteiger partial charge in [0.2, 0.25) is 0 Å². The molecule has 0 aromatic heterocycles. The molecule has 0 fully saturated rings. The van der Waals surface area contributed by atoms with Gasteiger partial charge in [0.05, 0.1) is 5.56 Å². The van der Waals surface area contributed by atoms with Crippen LogP contribution in [0, 0.1) is 0 Å². The molecule has 19 heavy (non-hydrogen) atoms. The molecule has 0 spiro atoms. The van der Waals surface area contributed by atoms with E-state index in [1.54, 1.807) is 13.8 Å². The molecule has 0 unspecified atom stereocenters. The van der Waals surface area contributed by atoms with Crippen molar-refractivity contribution in [3.63, 3.8) is 0 Å². The zero-order valence-corrected chi connectivity index (χ0v) is 10.7. The average Bonchev–Trinajstić information content (AvgIpc) is 2.35. The van der Waals surface area contributed by atoms with E-state index in [1.807, 2.05) is 0 Å². The molecule has 6 heteroatoms. The van der Waals surface area contributed by atoms with E-state index >= 15 is 0 Å². The third-order valence-electron chi connectivity index (χ3n) is 3.22. The highest BCUT2D eigenvalue weighted by Crippen LogP contribution is 2.36. The third kappa shape index (κ3) is 3.19. The van der Waals surface area contributed by atoms with Gasteiger partial charge in [-0.15, -0.1) is 0 Å². The number of rotatable bonds is 5. The van der Waals surface area contributed by atoms with Crippen LogP contribution in [0.2, 0.25) is 0 Å². The van der Waals surface area contributed by atoms with Crippen LogP contribution in [0.4, 0.5) is 18.9 Å². The van der Waals surface area contributed by atoms with Gasteiger partial charge in [0.15, 0.2) is 0 Å². The Hall–Kier alpha value is -1.72. The van der Waals surface area contributed by atoms with Crippen molar-refractivity contribution in [3.8, 4) is 0 Å². The molecule has 2 N–H and O–H groups in total. The molecule has 0 bridgehead atoms. The van der Waals surface area contributed by atoms with E-state index < -0.39 is 23.2 Å². The average molecular weight is 275 g/mol. The second kappa shape index (κ2) is 5.50. The van der Waals surface area contributed by atoms with Gasteiger partial charge in [-0.25, -0.2) is 4.79 Å². The highest BCUT2D eigenvalue weighted by Gasteiger charge is 2.39. The maximum Gasteiger partial charge on any atom is 0.418 e. The van der Waals surface area contributed by atoms with Crippen LogP contribution in [0.25, 0.3) is 0 Å². The Bertz CT molecular complexity index is 453. The summed E-state index contributed by atoms with van der Waals surface area (Å²) in [6.45, 7) is 3.25. The Kier molecular flexibility index (Phi) is 4.44. The molecule has 3 nitrogen and oxygen atoms in total. The zero-order valence-electron chi connectivity index (χ0n) is 10.7. The first-order valence-corrected chi connectivity index (χ1v) is 5.94. The number of hydrogen-bond acceptors (Lipinski definition) is 2. The van der Waals surface area contributed by atoms with Crippen LogP contribution < -0.4 is 5.32 Å². The lowest BCUT2D eigenvalue weighted by Gasteiger charge is -2.30. The summed E-state index contributed by atoms with van der Waals surface area (Å²) >= 11 is 0. The molecule has 0 aliphatic heterocycles. The number of hydrogen-bond donors (Lipinski definition) is 2. The third-order valence-corrected chi connectivity index (χ3v) is 3.22. The summed E-state index contributed by atoms with van der Waals surface area (Å²) in [4.78, 5) is 11.3. The van der Waals surface area contributed by atoms with Gasteiger partial charge >= 0.3 is 12.1 Å². The van der Waals surface area contributed by atoms with Crippen LogP contribution in [0.15, 0.2) is 24.3 Å². The number of anilines is 1. The van der Waals surface area contributed by atoms with Crippen LogP contribution >= 0.6 is 0 Å². The Morgan fingerprint density at radius 2 is 1.74 bits per heavy atom. The van der Waals surface area contributed by atoms with Crippen molar-refractivity contribution < 1.29 is 23.1 Å². The molecule has 0 aliphatic rings. The first-order chi connectivity index (χ1) is 8.77. The summed E-state index contributed by atoms with van der Waals surface area (Å²) in [5.74, 6) is -1.16. The standard InChI is InChI=1S/C13H16F3NO2/c1-3-12(4-2,11(18)19)17-10-8-6-5-7-9(10)13(14,15)16/h5-8,17H,3-4H2,1-2H3,(H,18,19). The van der Waals surface area contributed by atoms with Gasteiger partial charge < -0.3 is 10.4 Å². The number of benzene rings is 1. The van der Waals surface area contributed by atoms with Crippen LogP contribution in [0.5, 0.6) is 0 Å². The van der Waals surface area contributed by atoms with E-state index in [-0.39, 0.29) is 18.5 Å². The SMILES string of the molecule is CCC(CC)(Nc1ccccc1C(F)(F)F)C(=O)O. The summed E-state index contributed by atoms with van der Waals surface area (Å²) in [6, 6.07) is 4.88. The van der Waals surface area contributed by atoms with Gasteiger partial charge in [0, 0.05) is 5.69 Å². The second-order valence-corrected chi connectivity index (χ2v) is 4.26. The molecule has 0 amide bonds. The van der Waals surface area contributed by atoms with Gasteiger partial charge in [-0.05, 0) is 25.0 Å². The smallest absolute Gasteiger partial charge is 0.418 e. The second-order valence-electron chi connectivity index (χ2n) is 4.26. The molecule has 1 aromatic carbocycles. The minimum Gasteiger partial charge on any atom is -0.480 e. The normalized spacial score (nSPS) is 12.3. The molecule has 0 atom stereocenters. The minimum absolute atomic E-state index is 0.186. The summed E-state index contributed by atoms with van der Waals surface area (Å²) in [7, 11) is 0. The molecular weight excluding hydrogens is 259 g/mol. The summed E-state index contributed by atoms with van der Waals surface area (Å²) in [5.41, 5.74) is -2.45. The lowest BCUT2D eigenvalue weighted by atomic mass is 9.92. The largest absolute Gasteiger partial charge is 0.480 e. The summed E-state index contributed by atoms with van der Waals surface area (Å²) in [5, 5.41) is 11.8. The minimum atomic E-state index is -4.52. The number of carbonyl (C=O) groups is 1. The number of para-hydroxylation sites is 1. The van der Waals surface area contributed by atoms with E-state index in [0.29, 0.717) is 0 Å². The number of alkyl halides is 3. The van der Waals surface area contributed by atoms with Gasteiger partial charge in [-0.1, -0.05) is 26.0 Å². The fourth-order valence-electron chi connectivity index (χ4n) is 1.88. The Morgan fingerprint density at radius 3 is 2.16 bits per heavy atom. The summed E-state index contributed by atoms with van der Waals surface area (Å²) < 4.78 is 38.5. The molecule has 0 saturated carbocycles. The molecule has 0 aliphatic carbocycles. The number of aliphatic carboxylic acids is 1. The quantitative estimate of drug-likeness (QED) is 0.860. The molecule has 106 valence electrons. The number of carboxylic acids is 1. The Balaban J connectivity index is 3.22. The monoisotopic (exact) mass is 275 g/mol. The van der Waals surface area contributed by atoms with E-state index in [4.69, 9.17) is 0 Å². The van der Waals surface area contributed by atoms with Crippen LogP contribution in [0.3, 0.4) is 0 Å². The van der Waals surface area contributed by atoms with E-state index in [0.717, 1.165) is 6.07 Å². The Morgan fingerprint density at radius 1 is 1.21 bits per heavy atom. The van der Waals surface area contributed by atoms with Crippen molar-refractivity contribution in [3.05, 3.63) is 29.8 Å². The predicted octanol–water partition coefficient (Wildman–Crippen LogP) is 3.76. The van der Waals surface area contributed by atoms with Crippen molar-refractivity contribution in [1.29, 1.82) is 0 Å². The first-order valence-electron chi connectivity index (χ1n) is 5.94. The fourth-order valence-corrected chi connectivity index (χ4v) is 1.88. The number of nitrogens with one attached hydrogen (secondary N) is 1. The van der Waals surface area contributed by atoms with Crippen molar-refractivity contribution in [2.45, 2.75) is 38.4 Å². The summed E-state index contributed by atoms with van der Waals surface area (Å²) in [6.07, 6.45) is -4.15. The molecule has 0 saturated heterocycles. The number of halogens is 3. The maximum absolute atomic E-state index is 12.8. The van der Waals surface area contributed by atoms with E-state index in [2.05, 4.69) is 5.32 Å². The lowest BCUT2D eigenvalue weighted by Crippen LogP contribution is -2.45. The van der Waals surface area contributed by atoms with Crippen LogP contribution in [-0.4, -0.2) is 16.6 Å². The zero-order chi connectivity index (χ0) is 14.7. The van der Waals surface area contributed by atoms with Crippen molar-refractivity contribution >= 4 is 11.7 Å².